The number of carbonyl (C=O) groups is 1. The molecule has 2 rings (SSSR count). The van der Waals surface area contributed by atoms with Gasteiger partial charge in [0.05, 0.1) is 5.69 Å². The van der Waals surface area contributed by atoms with Crippen LogP contribution in [0.4, 0.5) is 0 Å². The van der Waals surface area contributed by atoms with Crippen molar-refractivity contribution in [2.24, 2.45) is 0 Å². The number of carboxylic acids is 1. The van der Waals surface area contributed by atoms with Gasteiger partial charge in [-0.1, -0.05) is 23.0 Å². The van der Waals surface area contributed by atoms with Crippen LogP contribution in [0.2, 0.25) is 0 Å². The fourth-order valence-corrected chi connectivity index (χ4v) is 2.25. The van der Waals surface area contributed by atoms with E-state index < -0.39 is 5.97 Å². The number of aromatic nitrogens is 1. The van der Waals surface area contributed by atoms with Crippen LogP contribution >= 0.6 is 11.3 Å². The Hall–Kier alpha value is -1.88. The normalized spacial score (nSPS) is 10.4. The number of aromatic carboxylic acids is 1. The van der Waals surface area contributed by atoms with Gasteiger partial charge in [-0.2, -0.15) is 0 Å². The van der Waals surface area contributed by atoms with Gasteiger partial charge < -0.3 is 9.84 Å². The monoisotopic (exact) mass is 263 g/mol. The highest BCUT2D eigenvalue weighted by atomic mass is 32.1. The molecule has 18 heavy (non-hydrogen) atoms. The molecular formula is C13H13NO3S. The first-order chi connectivity index (χ1) is 8.47. The molecule has 0 radical (unpaired) electrons. The van der Waals surface area contributed by atoms with Crippen molar-refractivity contribution in [3.8, 4) is 10.9 Å². The summed E-state index contributed by atoms with van der Waals surface area (Å²) in [4.78, 5) is 16.4. The highest BCUT2D eigenvalue weighted by molar-refractivity contribution is 7.13. The summed E-state index contributed by atoms with van der Waals surface area (Å²) in [5.74, 6) is -0.680. The van der Waals surface area contributed by atoms with Crippen LogP contribution in [0.25, 0.3) is 0 Å². The first-order valence-corrected chi connectivity index (χ1v) is 6.25. The van der Waals surface area contributed by atoms with Gasteiger partial charge in [-0.3, -0.25) is 0 Å². The van der Waals surface area contributed by atoms with Crippen LogP contribution in [0, 0.1) is 20.8 Å². The molecule has 0 bridgehead atoms. The van der Waals surface area contributed by atoms with Crippen molar-refractivity contribution < 1.29 is 14.6 Å². The highest BCUT2D eigenvalue weighted by Crippen LogP contribution is 2.30. The summed E-state index contributed by atoms with van der Waals surface area (Å²) in [6.45, 7) is 5.69. The summed E-state index contributed by atoms with van der Waals surface area (Å²) in [7, 11) is 0. The Morgan fingerprint density at radius 3 is 2.61 bits per heavy atom. The lowest BCUT2D eigenvalue weighted by Crippen LogP contribution is -2.00. The van der Waals surface area contributed by atoms with Crippen molar-refractivity contribution in [3.63, 3.8) is 0 Å². The summed E-state index contributed by atoms with van der Waals surface area (Å²) < 4.78 is 5.55. The summed E-state index contributed by atoms with van der Waals surface area (Å²) in [6.07, 6.45) is 0. The zero-order chi connectivity index (χ0) is 13.3. The number of rotatable bonds is 3. The van der Waals surface area contributed by atoms with Crippen LogP contribution < -0.4 is 4.74 Å². The van der Waals surface area contributed by atoms with Crippen LogP contribution in [-0.2, 0) is 0 Å². The summed E-state index contributed by atoms with van der Waals surface area (Å²) in [5.41, 5.74) is 1.94. The molecule has 1 N–H and O–H groups in total. The van der Waals surface area contributed by atoms with E-state index in [2.05, 4.69) is 4.98 Å². The molecule has 2 aromatic rings. The maximum Gasteiger partial charge on any atom is 0.339 e. The molecule has 0 aliphatic heterocycles. The van der Waals surface area contributed by atoms with Crippen LogP contribution in [-0.4, -0.2) is 16.1 Å². The zero-order valence-electron chi connectivity index (χ0n) is 10.4. The predicted octanol–water partition coefficient (Wildman–Crippen LogP) is 3.56. The second kappa shape index (κ2) is 4.78. The maximum atomic E-state index is 11.1. The average Bonchev–Trinajstić information content (AvgIpc) is 2.60. The number of ether oxygens (including phenoxy) is 1. The van der Waals surface area contributed by atoms with Crippen molar-refractivity contribution in [1.82, 2.24) is 4.98 Å². The van der Waals surface area contributed by atoms with Gasteiger partial charge in [0.2, 0.25) is 0 Å². The average molecular weight is 263 g/mol. The van der Waals surface area contributed by atoms with Crippen molar-refractivity contribution in [1.29, 1.82) is 0 Å². The fraction of sp³-hybridized carbons (Fsp3) is 0.231. The molecule has 0 aliphatic carbocycles. The summed E-state index contributed by atoms with van der Waals surface area (Å²) in [5, 5.41) is 9.60. The Balaban J connectivity index is 2.36. The lowest BCUT2D eigenvalue weighted by molar-refractivity contribution is 0.0694. The molecule has 0 spiro atoms. The third kappa shape index (κ3) is 2.51. The lowest BCUT2D eigenvalue weighted by atomic mass is 10.1. The van der Waals surface area contributed by atoms with Gasteiger partial charge in [0.1, 0.15) is 11.3 Å². The quantitative estimate of drug-likeness (QED) is 0.919. The number of benzene rings is 1. The Labute approximate surface area is 109 Å². The second-order valence-electron chi connectivity index (χ2n) is 4.03. The van der Waals surface area contributed by atoms with E-state index in [-0.39, 0.29) is 5.56 Å². The number of nitrogens with zero attached hydrogens (tertiary/aromatic N) is 1. The molecule has 94 valence electrons. The Kier molecular flexibility index (Phi) is 3.34. The van der Waals surface area contributed by atoms with E-state index in [1.54, 1.807) is 12.1 Å². The molecule has 1 heterocycles. The minimum absolute atomic E-state index is 0.153. The summed E-state index contributed by atoms with van der Waals surface area (Å²) in [6, 6.07) is 5.06. The smallest absolute Gasteiger partial charge is 0.339 e. The molecule has 0 aliphatic rings. The summed E-state index contributed by atoms with van der Waals surface area (Å²) >= 11 is 1.41. The number of thiazole rings is 1. The lowest BCUT2D eigenvalue weighted by Gasteiger charge is -2.06. The third-order valence-corrected chi connectivity index (χ3v) is 3.52. The minimum Gasteiger partial charge on any atom is -0.478 e. The molecule has 5 heteroatoms. The Morgan fingerprint density at radius 2 is 2.06 bits per heavy atom. The molecule has 0 saturated carbocycles. The SMILES string of the molecule is Cc1ccc(Oc2nc(C)c(C)s2)c(C(=O)O)c1. The fourth-order valence-electron chi connectivity index (χ4n) is 1.48. The number of carboxylic acid groups (broad SMARTS) is 1. The minimum atomic E-state index is -1.00. The van der Waals surface area contributed by atoms with Gasteiger partial charge in [0.25, 0.3) is 5.19 Å². The number of hydrogen-bond acceptors (Lipinski definition) is 4. The van der Waals surface area contributed by atoms with E-state index >= 15 is 0 Å². The first-order valence-electron chi connectivity index (χ1n) is 5.43. The molecule has 0 atom stereocenters. The van der Waals surface area contributed by atoms with Gasteiger partial charge in [-0.05, 0) is 32.9 Å². The van der Waals surface area contributed by atoms with Crippen LogP contribution in [0.15, 0.2) is 18.2 Å². The van der Waals surface area contributed by atoms with E-state index in [0.29, 0.717) is 10.9 Å². The molecule has 4 nitrogen and oxygen atoms in total. The molecule has 0 amide bonds. The zero-order valence-corrected chi connectivity index (χ0v) is 11.2. The predicted molar refractivity (Wildman–Crippen MR) is 69.8 cm³/mol. The van der Waals surface area contributed by atoms with Crippen LogP contribution in [0.3, 0.4) is 0 Å². The van der Waals surface area contributed by atoms with Crippen molar-refractivity contribution in [2.45, 2.75) is 20.8 Å². The number of hydrogen-bond donors (Lipinski definition) is 1. The molecule has 0 fully saturated rings. The topological polar surface area (TPSA) is 59.4 Å². The first kappa shape index (κ1) is 12.6. The van der Waals surface area contributed by atoms with Gasteiger partial charge in [-0.25, -0.2) is 9.78 Å². The molecule has 0 unspecified atom stereocenters. The number of aryl methyl sites for hydroxylation is 3. The van der Waals surface area contributed by atoms with Gasteiger partial charge in [0, 0.05) is 4.88 Å². The third-order valence-electron chi connectivity index (χ3n) is 2.57. The van der Waals surface area contributed by atoms with Crippen molar-refractivity contribution >= 4 is 17.3 Å². The molecule has 0 saturated heterocycles. The highest BCUT2D eigenvalue weighted by Gasteiger charge is 2.14. The van der Waals surface area contributed by atoms with Gasteiger partial charge in [-0.15, -0.1) is 0 Å². The van der Waals surface area contributed by atoms with E-state index in [4.69, 9.17) is 9.84 Å². The van der Waals surface area contributed by atoms with E-state index in [9.17, 15) is 4.79 Å². The van der Waals surface area contributed by atoms with Crippen molar-refractivity contribution in [3.05, 3.63) is 39.9 Å². The van der Waals surface area contributed by atoms with E-state index in [0.717, 1.165) is 16.1 Å². The Morgan fingerprint density at radius 1 is 1.33 bits per heavy atom. The molecule has 1 aromatic carbocycles. The van der Waals surface area contributed by atoms with Crippen LogP contribution in [0.1, 0.15) is 26.5 Å². The van der Waals surface area contributed by atoms with Gasteiger partial charge >= 0.3 is 5.97 Å². The van der Waals surface area contributed by atoms with Gasteiger partial charge in [0.15, 0.2) is 0 Å². The largest absolute Gasteiger partial charge is 0.478 e. The van der Waals surface area contributed by atoms with Crippen molar-refractivity contribution in [2.75, 3.05) is 0 Å². The van der Waals surface area contributed by atoms with Crippen LogP contribution in [0.5, 0.6) is 10.9 Å². The standard InChI is InChI=1S/C13H13NO3S/c1-7-4-5-11(10(6-7)12(15)16)17-13-14-8(2)9(3)18-13/h4-6H,1-3H3,(H,15,16). The van der Waals surface area contributed by atoms with E-state index in [1.165, 1.54) is 11.3 Å². The second-order valence-corrected chi connectivity index (χ2v) is 5.19. The molecular weight excluding hydrogens is 250 g/mol. The Bertz CT molecular complexity index is 585. The van der Waals surface area contributed by atoms with E-state index in [1.807, 2.05) is 26.8 Å². The maximum absolute atomic E-state index is 11.1. The molecule has 1 aromatic heterocycles.